The molecule has 2 aromatic rings. The number of hydrogen-bond donors (Lipinski definition) is 0. The summed E-state index contributed by atoms with van der Waals surface area (Å²) in [5, 5.41) is 8.94. The molecule has 0 fully saturated rings. The molecule has 20 heavy (non-hydrogen) atoms. The molecule has 2 rings (SSSR count). The van der Waals surface area contributed by atoms with Crippen LogP contribution in [0, 0.1) is 18.3 Å². The molecular weight excluding hydrogens is 276 g/mol. The minimum Gasteiger partial charge on any atom is -0.216 e. The summed E-state index contributed by atoms with van der Waals surface area (Å²) in [5.74, 6) is 0.232. The molecule has 0 aliphatic heterocycles. The smallest absolute Gasteiger partial charge is 0.216 e. The van der Waals surface area contributed by atoms with Crippen LogP contribution >= 0.6 is 0 Å². The molecule has 1 aromatic heterocycles. The predicted octanol–water partition coefficient (Wildman–Crippen LogP) is 1.38. The third kappa shape index (κ3) is 2.43. The summed E-state index contributed by atoms with van der Waals surface area (Å²) in [7, 11) is -0.857. The van der Waals surface area contributed by atoms with Crippen LogP contribution < -0.4 is 0 Å². The van der Waals surface area contributed by atoms with Gasteiger partial charge in [0.15, 0.2) is 11.5 Å². The average molecular weight is 290 g/mol. The number of rotatable bonds is 3. The lowest BCUT2D eigenvalue weighted by Crippen LogP contribution is -2.28. The van der Waals surface area contributed by atoms with Crippen molar-refractivity contribution in [1.29, 1.82) is 5.26 Å². The van der Waals surface area contributed by atoms with Crippen molar-refractivity contribution in [3.8, 4) is 17.5 Å². The van der Waals surface area contributed by atoms with Gasteiger partial charge < -0.3 is 0 Å². The fourth-order valence-corrected chi connectivity index (χ4v) is 2.61. The van der Waals surface area contributed by atoms with Crippen molar-refractivity contribution < 1.29 is 8.42 Å². The van der Waals surface area contributed by atoms with Gasteiger partial charge in [0.25, 0.3) is 0 Å². The van der Waals surface area contributed by atoms with Gasteiger partial charge in [0.1, 0.15) is 6.07 Å². The molecule has 6 nitrogen and oxygen atoms in total. The first kappa shape index (κ1) is 14.2. The maximum absolute atomic E-state index is 12.3. The van der Waals surface area contributed by atoms with Gasteiger partial charge in [-0.1, -0.05) is 29.8 Å². The molecule has 0 bridgehead atoms. The monoisotopic (exact) mass is 290 g/mol. The topological polar surface area (TPSA) is 79.0 Å². The Labute approximate surface area is 118 Å². The molecule has 0 saturated carbocycles. The van der Waals surface area contributed by atoms with Gasteiger partial charge in [0.2, 0.25) is 0 Å². The molecule has 7 heteroatoms. The third-order valence-corrected chi connectivity index (χ3v) is 4.51. The van der Waals surface area contributed by atoms with Gasteiger partial charge in [0, 0.05) is 19.7 Å². The van der Waals surface area contributed by atoms with Crippen molar-refractivity contribution in [2.75, 3.05) is 14.1 Å². The largest absolute Gasteiger partial charge is 0.308 e. The van der Waals surface area contributed by atoms with Crippen molar-refractivity contribution in [2.45, 2.75) is 6.92 Å². The second-order valence-corrected chi connectivity index (χ2v) is 6.53. The minimum atomic E-state index is -3.72. The number of aryl methyl sites for hydroxylation is 1. The van der Waals surface area contributed by atoms with E-state index in [1.54, 1.807) is 12.1 Å². The lowest BCUT2D eigenvalue weighted by atomic mass is 10.1. The van der Waals surface area contributed by atoms with E-state index in [0.29, 0.717) is 5.56 Å². The van der Waals surface area contributed by atoms with Crippen LogP contribution in [0.2, 0.25) is 0 Å². The van der Waals surface area contributed by atoms with Gasteiger partial charge in [-0.05, 0) is 6.92 Å². The summed E-state index contributed by atoms with van der Waals surface area (Å²) < 4.78 is 26.6. The quantitative estimate of drug-likeness (QED) is 0.855. The summed E-state index contributed by atoms with van der Waals surface area (Å²) in [6.45, 7) is 1.94. The lowest BCUT2D eigenvalue weighted by Gasteiger charge is -2.14. The van der Waals surface area contributed by atoms with E-state index in [1.165, 1.54) is 20.3 Å². The normalized spacial score (nSPS) is 11.6. The van der Waals surface area contributed by atoms with E-state index in [4.69, 9.17) is 5.26 Å². The number of hydrogen-bond acceptors (Lipinski definition) is 4. The van der Waals surface area contributed by atoms with Crippen LogP contribution in [-0.4, -0.2) is 35.8 Å². The first-order valence-electron chi connectivity index (χ1n) is 5.86. The highest BCUT2D eigenvalue weighted by Crippen LogP contribution is 2.22. The minimum absolute atomic E-state index is 0.0611. The van der Waals surface area contributed by atoms with E-state index in [-0.39, 0.29) is 11.5 Å². The van der Waals surface area contributed by atoms with Crippen LogP contribution in [0.25, 0.3) is 11.4 Å². The van der Waals surface area contributed by atoms with Crippen molar-refractivity contribution in [3.63, 3.8) is 0 Å². The van der Waals surface area contributed by atoms with E-state index in [0.717, 1.165) is 13.8 Å². The van der Waals surface area contributed by atoms with Gasteiger partial charge in [-0.15, -0.1) is 0 Å². The van der Waals surface area contributed by atoms with Gasteiger partial charge >= 0.3 is 10.2 Å². The third-order valence-electron chi connectivity index (χ3n) is 2.81. The standard InChI is InChI=1S/C13H14N4O2S/c1-10-4-6-11(7-5-10)13-15-12(8-14)9-17(13)20(18,19)16(2)3/h4-7,9H,1-3H3. The van der Waals surface area contributed by atoms with Gasteiger partial charge in [0.05, 0.1) is 6.20 Å². The molecule has 0 radical (unpaired) electrons. The summed E-state index contributed by atoms with van der Waals surface area (Å²) in [4.78, 5) is 4.07. The Morgan fingerprint density at radius 3 is 2.35 bits per heavy atom. The highest BCUT2D eigenvalue weighted by Gasteiger charge is 2.22. The molecule has 1 heterocycles. The number of aromatic nitrogens is 2. The van der Waals surface area contributed by atoms with E-state index >= 15 is 0 Å². The fraction of sp³-hybridized carbons (Fsp3) is 0.231. The summed E-state index contributed by atoms with van der Waals surface area (Å²) in [5.41, 5.74) is 1.76. The Morgan fingerprint density at radius 2 is 1.85 bits per heavy atom. The van der Waals surface area contributed by atoms with E-state index in [2.05, 4.69) is 4.98 Å². The first-order valence-corrected chi connectivity index (χ1v) is 7.25. The van der Waals surface area contributed by atoms with Crippen molar-refractivity contribution >= 4 is 10.2 Å². The molecule has 0 N–H and O–H groups in total. The average Bonchev–Trinajstić information content (AvgIpc) is 2.84. The predicted molar refractivity (Wildman–Crippen MR) is 75.1 cm³/mol. The molecular formula is C13H14N4O2S. The maximum atomic E-state index is 12.3. The van der Waals surface area contributed by atoms with Crippen LogP contribution in [0.1, 0.15) is 11.3 Å². The summed E-state index contributed by atoms with van der Waals surface area (Å²) in [6.07, 6.45) is 1.23. The number of benzene rings is 1. The Kier molecular flexibility index (Phi) is 3.61. The molecule has 0 saturated heterocycles. The van der Waals surface area contributed by atoms with Crippen LogP contribution in [0.5, 0.6) is 0 Å². The Bertz CT molecular complexity index is 768. The van der Waals surface area contributed by atoms with Crippen molar-refractivity contribution in [2.24, 2.45) is 0 Å². The fourth-order valence-electron chi connectivity index (χ4n) is 1.66. The number of imidazole rings is 1. The first-order chi connectivity index (χ1) is 9.36. The zero-order valence-electron chi connectivity index (χ0n) is 11.4. The van der Waals surface area contributed by atoms with Crippen LogP contribution in [0.3, 0.4) is 0 Å². The SMILES string of the molecule is Cc1ccc(-c2nc(C#N)cn2S(=O)(=O)N(C)C)cc1. The van der Waals surface area contributed by atoms with E-state index in [9.17, 15) is 8.42 Å². The van der Waals surface area contributed by atoms with Crippen LogP contribution in [-0.2, 0) is 10.2 Å². The van der Waals surface area contributed by atoms with Gasteiger partial charge in [-0.2, -0.15) is 18.0 Å². The molecule has 0 spiro atoms. The second-order valence-electron chi connectivity index (χ2n) is 4.51. The zero-order chi connectivity index (χ0) is 14.9. The Hall–Kier alpha value is -2.17. The number of nitrogens with zero attached hydrogens (tertiary/aromatic N) is 4. The van der Waals surface area contributed by atoms with Crippen LogP contribution in [0.15, 0.2) is 30.5 Å². The molecule has 0 amide bonds. The van der Waals surface area contributed by atoms with E-state index in [1.807, 2.05) is 25.1 Å². The van der Waals surface area contributed by atoms with Crippen LogP contribution in [0.4, 0.5) is 0 Å². The van der Waals surface area contributed by atoms with Gasteiger partial charge in [-0.3, -0.25) is 0 Å². The highest BCUT2D eigenvalue weighted by atomic mass is 32.2. The molecule has 0 unspecified atom stereocenters. The van der Waals surface area contributed by atoms with Gasteiger partial charge in [-0.25, -0.2) is 8.96 Å². The molecule has 104 valence electrons. The Balaban J connectivity index is 2.68. The zero-order valence-corrected chi connectivity index (χ0v) is 12.2. The lowest BCUT2D eigenvalue weighted by molar-refractivity contribution is 0.511. The molecule has 0 aliphatic rings. The maximum Gasteiger partial charge on any atom is 0.308 e. The highest BCUT2D eigenvalue weighted by molar-refractivity contribution is 7.87. The van der Waals surface area contributed by atoms with Crippen molar-refractivity contribution in [3.05, 3.63) is 41.7 Å². The number of nitriles is 1. The summed E-state index contributed by atoms with van der Waals surface area (Å²) >= 11 is 0. The summed E-state index contributed by atoms with van der Waals surface area (Å²) in [6, 6.07) is 9.15. The molecule has 0 aliphatic carbocycles. The second kappa shape index (κ2) is 5.07. The van der Waals surface area contributed by atoms with E-state index < -0.39 is 10.2 Å². The Morgan fingerprint density at radius 1 is 1.25 bits per heavy atom. The molecule has 1 aromatic carbocycles. The van der Waals surface area contributed by atoms with Crippen molar-refractivity contribution in [1.82, 2.24) is 13.3 Å². The molecule has 0 atom stereocenters.